The largest absolute Gasteiger partial charge is 0.573 e. The van der Waals surface area contributed by atoms with Crippen LogP contribution in [0.5, 0.6) is 5.75 Å². The second kappa shape index (κ2) is 5.41. The van der Waals surface area contributed by atoms with Crippen LogP contribution in [0.2, 0.25) is 5.02 Å². The van der Waals surface area contributed by atoms with Crippen LogP contribution in [0.25, 0.3) is 0 Å². The molecule has 0 aliphatic rings. The second-order valence-corrected chi connectivity index (χ2v) is 4.03. The zero-order chi connectivity index (χ0) is 14.8. The number of nitrogens with two attached hydrogens (primary N) is 1. The number of alkyl halides is 3. The van der Waals surface area contributed by atoms with Gasteiger partial charge in [0.25, 0.3) is 0 Å². The Morgan fingerprint density at radius 1 is 1.30 bits per heavy atom. The summed E-state index contributed by atoms with van der Waals surface area (Å²) in [6.45, 7) is 0. The van der Waals surface area contributed by atoms with Crippen molar-refractivity contribution in [1.29, 1.82) is 0 Å². The van der Waals surface area contributed by atoms with Gasteiger partial charge in [0.05, 0.1) is 6.20 Å². The van der Waals surface area contributed by atoms with Crippen LogP contribution in [0.1, 0.15) is 0 Å². The van der Waals surface area contributed by atoms with Crippen LogP contribution < -0.4 is 15.8 Å². The van der Waals surface area contributed by atoms with Crippen molar-refractivity contribution in [2.24, 2.45) is 0 Å². The molecular weight excluding hydrogens is 297 g/mol. The van der Waals surface area contributed by atoms with Gasteiger partial charge < -0.3 is 15.8 Å². The number of anilines is 3. The van der Waals surface area contributed by atoms with Gasteiger partial charge in [-0.2, -0.15) is 4.98 Å². The van der Waals surface area contributed by atoms with Crippen LogP contribution in [0.4, 0.5) is 30.6 Å². The number of nitrogen functional groups attached to an aromatic ring is 1. The first kappa shape index (κ1) is 14.2. The van der Waals surface area contributed by atoms with Crippen LogP contribution in [0, 0.1) is 0 Å². The van der Waals surface area contributed by atoms with E-state index in [1.807, 2.05) is 0 Å². The maximum absolute atomic E-state index is 12.1. The summed E-state index contributed by atoms with van der Waals surface area (Å²) in [7, 11) is 0. The van der Waals surface area contributed by atoms with Gasteiger partial charge in [-0.1, -0.05) is 17.7 Å². The van der Waals surface area contributed by atoms with E-state index < -0.39 is 6.36 Å². The molecule has 0 aliphatic carbocycles. The summed E-state index contributed by atoms with van der Waals surface area (Å²) < 4.78 is 40.2. The van der Waals surface area contributed by atoms with Crippen LogP contribution in [-0.4, -0.2) is 16.3 Å². The third kappa shape index (κ3) is 3.89. The predicted octanol–water partition coefficient (Wildman–Crippen LogP) is 3.35. The molecule has 5 nitrogen and oxygen atoms in total. The monoisotopic (exact) mass is 304 g/mol. The lowest BCUT2D eigenvalue weighted by Crippen LogP contribution is -2.17. The van der Waals surface area contributed by atoms with Gasteiger partial charge >= 0.3 is 6.36 Å². The summed E-state index contributed by atoms with van der Waals surface area (Å²) in [4.78, 5) is 7.50. The highest BCUT2D eigenvalue weighted by atomic mass is 35.5. The fourth-order valence-electron chi connectivity index (χ4n) is 1.38. The molecule has 0 saturated carbocycles. The van der Waals surface area contributed by atoms with E-state index in [1.54, 1.807) is 0 Å². The van der Waals surface area contributed by atoms with Crippen LogP contribution in [0.3, 0.4) is 0 Å². The van der Waals surface area contributed by atoms with Crippen molar-refractivity contribution in [1.82, 2.24) is 9.97 Å². The minimum atomic E-state index is -4.75. The van der Waals surface area contributed by atoms with Gasteiger partial charge in [0.2, 0.25) is 5.95 Å². The Morgan fingerprint density at radius 3 is 2.75 bits per heavy atom. The number of hydrogen-bond donors (Lipinski definition) is 2. The molecule has 2 rings (SSSR count). The van der Waals surface area contributed by atoms with Crippen molar-refractivity contribution >= 4 is 29.1 Å². The molecule has 106 valence electrons. The molecule has 1 heterocycles. The highest BCUT2D eigenvalue weighted by molar-refractivity contribution is 6.32. The molecule has 0 aliphatic heterocycles. The molecule has 1 aromatic heterocycles. The Balaban J connectivity index is 2.21. The Morgan fingerprint density at radius 2 is 2.05 bits per heavy atom. The highest BCUT2D eigenvalue weighted by Crippen LogP contribution is 2.28. The number of nitrogens with zero attached hydrogens (tertiary/aromatic N) is 2. The first-order valence-electron chi connectivity index (χ1n) is 5.24. The molecule has 1 aromatic carbocycles. The molecule has 9 heteroatoms. The van der Waals surface area contributed by atoms with Crippen molar-refractivity contribution in [2.75, 3.05) is 11.1 Å². The number of halogens is 4. The third-order valence-corrected chi connectivity index (χ3v) is 2.37. The van der Waals surface area contributed by atoms with Gasteiger partial charge in [-0.3, -0.25) is 0 Å². The summed E-state index contributed by atoms with van der Waals surface area (Å²) in [6.07, 6.45) is -3.47. The van der Waals surface area contributed by atoms with Gasteiger partial charge in [-0.15, -0.1) is 13.2 Å². The minimum absolute atomic E-state index is 0.0143. The summed E-state index contributed by atoms with van der Waals surface area (Å²) >= 11 is 5.84. The lowest BCUT2D eigenvalue weighted by molar-refractivity contribution is -0.274. The van der Waals surface area contributed by atoms with Gasteiger partial charge in [-0.05, 0) is 12.1 Å². The predicted molar refractivity (Wildman–Crippen MR) is 67.9 cm³/mol. The van der Waals surface area contributed by atoms with Gasteiger partial charge in [0.1, 0.15) is 10.8 Å². The normalized spacial score (nSPS) is 11.2. The molecule has 0 amide bonds. The van der Waals surface area contributed by atoms with E-state index >= 15 is 0 Å². The van der Waals surface area contributed by atoms with E-state index in [1.165, 1.54) is 24.4 Å². The van der Waals surface area contributed by atoms with Gasteiger partial charge in [-0.25, -0.2) is 4.98 Å². The fraction of sp³-hybridized carbons (Fsp3) is 0.0909. The lowest BCUT2D eigenvalue weighted by atomic mass is 10.3. The van der Waals surface area contributed by atoms with Crippen LogP contribution >= 0.6 is 11.6 Å². The number of rotatable bonds is 3. The summed E-state index contributed by atoms with van der Waals surface area (Å²) in [5.74, 6) is -0.191. The summed E-state index contributed by atoms with van der Waals surface area (Å²) in [5.41, 5.74) is 5.71. The minimum Gasteiger partial charge on any atom is -0.406 e. The summed E-state index contributed by atoms with van der Waals surface area (Å²) in [5, 5.41) is 2.91. The van der Waals surface area contributed by atoms with Crippen LogP contribution in [0.15, 0.2) is 30.5 Å². The fourth-order valence-corrected chi connectivity index (χ4v) is 1.51. The van der Waals surface area contributed by atoms with Crippen molar-refractivity contribution in [3.8, 4) is 5.75 Å². The molecule has 0 atom stereocenters. The third-order valence-electron chi connectivity index (χ3n) is 2.09. The van der Waals surface area contributed by atoms with Gasteiger partial charge in [0, 0.05) is 11.8 Å². The molecular formula is C11H8ClF3N4O. The number of benzene rings is 1. The Kier molecular flexibility index (Phi) is 3.84. The number of hydrogen-bond acceptors (Lipinski definition) is 5. The van der Waals surface area contributed by atoms with E-state index in [2.05, 4.69) is 20.0 Å². The smallest absolute Gasteiger partial charge is 0.406 e. The molecule has 2 aromatic rings. The van der Waals surface area contributed by atoms with Crippen LogP contribution in [-0.2, 0) is 0 Å². The Hall–Kier alpha value is -2.22. The molecule has 20 heavy (non-hydrogen) atoms. The first-order chi connectivity index (χ1) is 9.33. The van der Waals surface area contributed by atoms with E-state index in [0.29, 0.717) is 5.69 Å². The zero-order valence-electron chi connectivity index (χ0n) is 9.78. The Labute approximate surface area is 116 Å². The number of nitrogens with one attached hydrogen (secondary N) is 1. The van der Waals surface area contributed by atoms with Crippen molar-refractivity contribution < 1.29 is 17.9 Å². The van der Waals surface area contributed by atoms with E-state index in [0.717, 1.165) is 6.07 Å². The standard InChI is InChI=1S/C11H8ClF3N4O/c12-8-5-17-10(16)19-9(8)18-6-2-1-3-7(4-6)20-11(13,14)15/h1-5H,(H3,16,17,18,19). The van der Waals surface area contributed by atoms with Crippen molar-refractivity contribution in [3.63, 3.8) is 0 Å². The average Bonchev–Trinajstić information content (AvgIpc) is 2.32. The molecule has 0 unspecified atom stereocenters. The lowest BCUT2D eigenvalue weighted by Gasteiger charge is -2.11. The second-order valence-electron chi connectivity index (χ2n) is 3.63. The van der Waals surface area contributed by atoms with Gasteiger partial charge in [0.15, 0.2) is 5.82 Å². The molecule has 0 spiro atoms. The SMILES string of the molecule is Nc1ncc(Cl)c(Nc2cccc(OC(F)(F)F)c2)n1. The molecule has 0 radical (unpaired) electrons. The molecule has 0 fully saturated rings. The van der Waals surface area contributed by atoms with E-state index in [9.17, 15) is 13.2 Å². The quantitative estimate of drug-likeness (QED) is 0.909. The average molecular weight is 305 g/mol. The zero-order valence-corrected chi connectivity index (χ0v) is 10.5. The maximum Gasteiger partial charge on any atom is 0.573 e. The summed E-state index contributed by atoms with van der Waals surface area (Å²) in [6, 6.07) is 5.25. The topological polar surface area (TPSA) is 73.1 Å². The van der Waals surface area contributed by atoms with Crippen molar-refractivity contribution in [2.45, 2.75) is 6.36 Å². The van der Waals surface area contributed by atoms with Crippen molar-refractivity contribution in [3.05, 3.63) is 35.5 Å². The molecule has 0 bridgehead atoms. The van der Waals surface area contributed by atoms with E-state index in [4.69, 9.17) is 17.3 Å². The number of ether oxygens (including phenoxy) is 1. The van der Waals surface area contributed by atoms with E-state index in [-0.39, 0.29) is 22.5 Å². The Bertz CT molecular complexity index is 621. The molecule has 3 N–H and O–H groups in total. The first-order valence-corrected chi connectivity index (χ1v) is 5.62. The number of aromatic nitrogens is 2. The molecule has 0 saturated heterocycles. The highest BCUT2D eigenvalue weighted by Gasteiger charge is 2.31. The maximum atomic E-state index is 12.1.